The van der Waals surface area contributed by atoms with Crippen LogP contribution in [0.15, 0.2) is 0 Å². The number of piperidine rings is 1. The van der Waals surface area contributed by atoms with E-state index in [4.69, 9.17) is 4.43 Å². The molecule has 1 aliphatic rings. The zero-order valence-electron chi connectivity index (χ0n) is 10.1. The molecule has 1 N–H and O–H groups in total. The summed E-state index contributed by atoms with van der Waals surface area (Å²) in [5, 5.41) is 3.59. The molecule has 14 heavy (non-hydrogen) atoms. The van der Waals surface area contributed by atoms with Crippen molar-refractivity contribution in [3.05, 3.63) is 0 Å². The van der Waals surface area contributed by atoms with Crippen LogP contribution in [0.5, 0.6) is 0 Å². The van der Waals surface area contributed by atoms with Crippen molar-refractivity contribution in [3.8, 4) is 0 Å². The predicted octanol–water partition coefficient (Wildman–Crippen LogP) is 2.76. The molecular formula is C11H25NOSi. The SMILES string of the molecule is CCC(O[Si](C)(C)C)C1CCCCN1. The summed E-state index contributed by atoms with van der Waals surface area (Å²) in [4.78, 5) is 0. The lowest BCUT2D eigenvalue weighted by atomic mass is 9.99. The van der Waals surface area contributed by atoms with Crippen LogP contribution in [-0.4, -0.2) is 27.0 Å². The van der Waals surface area contributed by atoms with Gasteiger partial charge in [-0.25, -0.2) is 0 Å². The van der Waals surface area contributed by atoms with Crippen LogP contribution in [0.1, 0.15) is 32.6 Å². The van der Waals surface area contributed by atoms with Crippen LogP contribution >= 0.6 is 0 Å². The number of nitrogens with one attached hydrogen (secondary N) is 1. The number of rotatable bonds is 4. The maximum atomic E-state index is 6.20. The molecule has 0 saturated carbocycles. The van der Waals surface area contributed by atoms with Crippen LogP contribution < -0.4 is 5.32 Å². The Balaban J connectivity index is 2.43. The molecule has 0 bridgehead atoms. The Hall–Kier alpha value is 0.137. The van der Waals surface area contributed by atoms with E-state index in [1.165, 1.54) is 25.8 Å². The van der Waals surface area contributed by atoms with Gasteiger partial charge in [0.2, 0.25) is 0 Å². The molecule has 2 unspecified atom stereocenters. The van der Waals surface area contributed by atoms with Crippen molar-refractivity contribution in [2.75, 3.05) is 6.54 Å². The second kappa shape index (κ2) is 5.28. The first-order chi connectivity index (χ1) is 6.53. The third-order valence-electron chi connectivity index (χ3n) is 2.70. The largest absolute Gasteiger partial charge is 0.413 e. The monoisotopic (exact) mass is 215 g/mol. The fraction of sp³-hybridized carbons (Fsp3) is 1.00. The van der Waals surface area contributed by atoms with E-state index in [0.29, 0.717) is 12.1 Å². The van der Waals surface area contributed by atoms with Gasteiger partial charge >= 0.3 is 0 Å². The normalized spacial score (nSPS) is 26.1. The zero-order valence-corrected chi connectivity index (χ0v) is 11.1. The Kier molecular flexibility index (Phi) is 4.61. The average molecular weight is 215 g/mol. The molecule has 0 aromatic heterocycles. The van der Waals surface area contributed by atoms with Gasteiger partial charge in [-0.05, 0) is 45.4 Å². The highest BCUT2D eigenvalue weighted by Crippen LogP contribution is 2.19. The Morgan fingerprint density at radius 1 is 1.36 bits per heavy atom. The second-order valence-electron chi connectivity index (χ2n) is 5.23. The Morgan fingerprint density at radius 3 is 2.50 bits per heavy atom. The Morgan fingerprint density at radius 2 is 2.07 bits per heavy atom. The topological polar surface area (TPSA) is 21.3 Å². The highest BCUT2D eigenvalue weighted by atomic mass is 28.4. The quantitative estimate of drug-likeness (QED) is 0.728. The van der Waals surface area contributed by atoms with Gasteiger partial charge in [-0.1, -0.05) is 13.3 Å². The minimum Gasteiger partial charge on any atom is -0.413 e. The third kappa shape index (κ3) is 4.11. The van der Waals surface area contributed by atoms with Gasteiger partial charge in [0.1, 0.15) is 0 Å². The zero-order chi connectivity index (χ0) is 10.6. The lowest BCUT2D eigenvalue weighted by Gasteiger charge is -2.34. The van der Waals surface area contributed by atoms with Crippen molar-refractivity contribution in [3.63, 3.8) is 0 Å². The Labute approximate surface area is 89.6 Å². The number of hydrogen-bond donors (Lipinski definition) is 1. The highest BCUT2D eigenvalue weighted by molar-refractivity contribution is 6.69. The first-order valence-corrected chi connectivity index (χ1v) is 9.35. The van der Waals surface area contributed by atoms with Crippen LogP contribution in [0.3, 0.4) is 0 Å². The van der Waals surface area contributed by atoms with Gasteiger partial charge in [-0.15, -0.1) is 0 Å². The molecule has 0 radical (unpaired) electrons. The number of hydrogen-bond acceptors (Lipinski definition) is 2. The molecule has 1 aliphatic heterocycles. The van der Waals surface area contributed by atoms with Gasteiger partial charge in [0, 0.05) is 6.04 Å². The summed E-state index contributed by atoms with van der Waals surface area (Å²) < 4.78 is 6.20. The predicted molar refractivity (Wildman–Crippen MR) is 64.2 cm³/mol. The van der Waals surface area contributed by atoms with Crippen LogP contribution in [0, 0.1) is 0 Å². The third-order valence-corrected chi connectivity index (χ3v) is 3.71. The summed E-state index contributed by atoms with van der Waals surface area (Å²) in [6.45, 7) is 10.2. The van der Waals surface area contributed by atoms with Crippen molar-refractivity contribution in [1.29, 1.82) is 0 Å². The van der Waals surface area contributed by atoms with E-state index in [1.54, 1.807) is 0 Å². The molecule has 1 fully saturated rings. The van der Waals surface area contributed by atoms with Gasteiger partial charge in [-0.3, -0.25) is 0 Å². The standard InChI is InChI=1S/C11H25NOSi/c1-5-11(13-14(2,3)4)10-8-6-7-9-12-10/h10-12H,5-9H2,1-4H3. The fourth-order valence-electron chi connectivity index (χ4n) is 2.10. The molecule has 0 aromatic rings. The van der Waals surface area contributed by atoms with Crippen molar-refractivity contribution < 1.29 is 4.43 Å². The first kappa shape index (κ1) is 12.2. The van der Waals surface area contributed by atoms with Gasteiger partial charge < -0.3 is 9.74 Å². The molecule has 3 heteroatoms. The van der Waals surface area contributed by atoms with Gasteiger partial charge in [-0.2, -0.15) is 0 Å². The van der Waals surface area contributed by atoms with Crippen molar-refractivity contribution in [2.45, 2.75) is 64.4 Å². The minimum absolute atomic E-state index is 0.446. The van der Waals surface area contributed by atoms with E-state index < -0.39 is 8.32 Å². The smallest absolute Gasteiger partial charge is 0.184 e. The summed E-state index contributed by atoms with van der Waals surface area (Å²) in [6.07, 6.45) is 5.58. The average Bonchev–Trinajstić information content (AvgIpc) is 2.14. The van der Waals surface area contributed by atoms with Crippen LogP contribution in [0.2, 0.25) is 19.6 Å². The second-order valence-corrected chi connectivity index (χ2v) is 9.69. The molecule has 1 heterocycles. The van der Waals surface area contributed by atoms with Crippen LogP contribution in [0.4, 0.5) is 0 Å². The molecule has 1 saturated heterocycles. The summed E-state index contributed by atoms with van der Waals surface area (Å²) in [5.41, 5.74) is 0. The molecule has 0 amide bonds. The molecule has 0 aromatic carbocycles. The summed E-state index contributed by atoms with van der Waals surface area (Å²) in [6, 6.07) is 0.612. The van der Waals surface area contributed by atoms with Crippen LogP contribution in [0.25, 0.3) is 0 Å². The maximum Gasteiger partial charge on any atom is 0.184 e. The highest BCUT2D eigenvalue weighted by Gasteiger charge is 2.27. The molecule has 2 nitrogen and oxygen atoms in total. The van der Waals surface area contributed by atoms with E-state index in [2.05, 4.69) is 31.9 Å². The maximum absolute atomic E-state index is 6.20. The summed E-state index contributed by atoms with van der Waals surface area (Å²) in [5.74, 6) is 0. The van der Waals surface area contributed by atoms with Gasteiger partial charge in [0.15, 0.2) is 8.32 Å². The summed E-state index contributed by atoms with van der Waals surface area (Å²) in [7, 11) is -1.37. The van der Waals surface area contributed by atoms with E-state index in [1.807, 2.05) is 0 Å². The Bertz CT molecular complexity index is 161. The van der Waals surface area contributed by atoms with Crippen molar-refractivity contribution >= 4 is 8.32 Å². The van der Waals surface area contributed by atoms with Gasteiger partial charge in [0.25, 0.3) is 0 Å². The lowest BCUT2D eigenvalue weighted by molar-refractivity contribution is 0.126. The molecule has 1 rings (SSSR count). The van der Waals surface area contributed by atoms with E-state index in [0.717, 1.165) is 6.42 Å². The fourth-order valence-corrected chi connectivity index (χ4v) is 3.34. The van der Waals surface area contributed by atoms with E-state index in [9.17, 15) is 0 Å². The van der Waals surface area contributed by atoms with Crippen molar-refractivity contribution in [2.24, 2.45) is 0 Å². The van der Waals surface area contributed by atoms with Crippen molar-refractivity contribution in [1.82, 2.24) is 5.32 Å². The molecular weight excluding hydrogens is 190 g/mol. The summed E-state index contributed by atoms with van der Waals surface area (Å²) >= 11 is 0. The van der Waals surface area contributed by atoms with Crippen LogP contribution in [-0.2, 0) is 4.43 Å². The lowest BCUT2D eigenvalue weighted by Crippen LogP contribution is -2.47. The first-order valence-electron chi connectivity index (χ1n) is 5.94. The van der Waals surface area contributed by atoms with E-state index >= 15 is 0 Å². The minimum atomic E-state index is -1.37. The molecule has 2 atom stereocenters. The molecule has 84 valence electrons. The molecule has 0 spiro atoms. The molecule has 0 aliphatic carbocycles. The van der Waals surface area contributed by atoms with Gasteiger partial charge in [0.05, 0.1) is 6.10 Å². The van der Waals surface area contributed by atoms with E-state index in [-0.39, 0.29) is 0 Å².